The molecule has 0 amide bonds. The summed E-state index contributed by atoms with van der Waals surface area (Å²) in [4.78, 5) is 0. The maximum Gasteiger partial charge on any atom is 2.00 e. The molecule has 116 valence electrons. The molecule has 0 aliphatic rings. The van der Waals surface area contributed by atoms with Crippen molar-refractivity contribution in [2.24, 2.45) is 17.8 Å². The van der Waals surface area contributed by atoms with Gasteiger partial charge in [0.25, 0.3) is 0 Å². The third-order valence-corrected chi connectivity index (χ3v) is 2.09. The van der Waals surface area contributed by atoms with Crippen molar-refractivity contribution in [3.8, 4) is 0 Å². The monoisotopic (exact) mass is 309 g/mol. The van der Waals surface area contributed by atoms with Gasteiger partial charge in [-0.3, -0.25) is 0 Å². The molecular weight excluding hydrogens is 276 g/mol. The first kappa shape index (κ1) is 27.9. The molecule has 0 fully saturated rings. The predicted octanol–water partition coefficient (Wildman–Crippen LogP) is 1.18. The molecule has 0 atom stereocenters. The normalized spacial score (nSPS) is 9.47. The van der Waals surface area contributed by atoms with E-state index in [2.05, 4.69) is 41.5 Å². The van der Waals surface area contributed by atoms with Crippen molar-refractivity contribution in [3.63, 3.8) is 0 Å². The molecule has 19 heavy (non-hydrogen) atoms. The standard InChI is InChI=1S/3C5H11O.Ti/c3*1-5(2)3-4-6;/h3*5H,3-4H2,1-2H3;/q3*-1;+2. The summed E-state index contributed by atoms with van der Waals surface area (Å²) in [6.07, 6.45) is 2.46. The Morgan fingerprint density at radius 3 is 0.684 bits per heavy atom. The van der Waals surface area contributed by atoms with Gasteiger partial charge in [-0.2, -0.15) is 0 Å². The van der Waals surface area contributed by atoms with E-state index in [1.807, 2.05) is 0 Å². The van der Waals surface area contributed by atoms with Crippen molar-refractivity contribution in [3.05, 3.63) is 0 Å². The minimum absolute atomic E-state index is 0. The van der Waals surface area contributed by atoms with Crippen LogP contribution in [-0.2, 0) is 21.7 Å². The third kappa shape index (κ3) is 55.6. The van der Waals surface area contributed by atoms with Gasteiger partial charge in [0.15, 0.2) is 0 Å². The van der Waals surface area contributed by atoms with Crippen LogP contribution in [0.5, 0.6) is 0 Å². The molecule has 0 aromatic heterocycles. The summed E-state index contributed by atoms with van der Waals surface area (Å²) in [5.41, 5.74) is 0. The molecule has 0 unspecified atom stereocenters. The minimum Gasteiger partial charge on any atom is -0.854 e. The van der Waals surface area contributed by atoms with E-state index in [0.717, 1.165) is 19.3 Å². The van der Waals surface area contributed by atoms with Crippen LogP contribution in [0.25, 0.3) is 0 Å². The molecule has 0 N–H and O–H groups in total. The van der Waals surface area contributed by atoms with Crippen LogP contribution in [0.15, 0.2) is 0 Å². The molecule has 3 nitrogen and oxygen atoms in total. The van der Waals surface area contributed by atoms with Crippen molar-refractivity contribution in [1.29, 1.82) is 0 Å². The van der Waals surface area contributed by atoms with E-state index in [1.54, 1.807) is 0 Å². The fourth-order valence-electron chi connectivity index (χ4n) is 0.707. The third-order valence-electron chi connectivity index (χ3n) is 2.09. The molecule has 0 bridgehead atoms. The summed E-state index contributed by atoms with van der Waals surface area (Å²) in [6.45, 7) is 12.6. The quantitative estimate of drug-likeness (QED) is 0.692. The Morgan fingerprint density at radius 2 is 0.684 bits per heavy atom. The summed E-state index contributed by atoms with van der Waals surface area (Å²) < 4.78 is 0. The predicted molar refractivity (Wildman–Crippen MR) is 73.0 cm³/mol. The summed E-state index contributed by atoms with van der Waals surface area (Å²) in [5, 5.41) is 29.2. The van der Waals surface area contributed by atoms with Crippen molar-refractivity contribution in [2.75, 3.05) is 19.8 Å². The van der Waals surface area contributed by atoms with E-state index < -0.39 is 0 Å². The van der Waals surface area contributed by atoms with Crippen LogP contribution in [0.4, 0.5) is 0 Å². The molecule has 0 aliphatic heterocycles. The van der Waals surface area contributed by atoms with Crippen LogP contribution in [0.3, 0.4) is 0 Å². The van der Waals surface area contributed by atoms with Crippen molar-refractivity contribution in [2.45, 2.75) is 60.8 Å². The Kier molecular flexibility index (Phi) is 34.7. The molecular formula is C15H33O3Ti-. The van der Waals surface area contributed by atoms with Gasteiger partial charge < -0.3 is 15.3 Å². The molecule has 0 heterocycles. The van der Waals surface area contributed by atoms with Gasteiger partial charge in [0.2, 0.25) is 0 Å². The van der Waals surface area contributed by atoms with Crippen LogP contribution in [0.1, 0.15) is 60.8 Å². The van der Waals surface area contributed by atoms with Gasteiger partial charge in [0, 0.05) is 0 Å². The topological polar surface area (TPSA) is 69.2 Å². The minimum atomic E-state index is 0. The molecule has 0 aromatic rings. The second-order valence-electron chi connectivity index (χ2n) is 5.66. The van der Waals surface area contributed by atoms with Crippen LogP contribution in [0, 0.1) is 17.8 Å². The Hall–Kier alpha value is 0.594. The first-order valence-corrected chi connectivity index (χ1v) is 7.05. The maximum absolute atomic E-state index is 9.74. The Morgan fingerprint density at radius 1 is 0.526 bits per heavy atom. The average molecular weight is 309 g/mol. The second-order valence-corrected chi connectivity index (χ2v) is 5.66. The Bertz CT molecular complexity index is 105. The summed E-state index contributed by atoms with van der Waals surface area (Å²) in [6, 6.07) is 0. The van der Waals surface area contributed by atoms with Crippen LogP contribution >= 0.6 is 0 Å². The van der Waals surface area contributed by atoms with E-state index in [0.29, 0.717) is 17.8 Å². The van der Waals surface area contributed by atoms with Crippen molar-refractivity contribution >= 4 is 0 Å². The fraction of sp³-hybridized carbons (Fsp3) is 1.00. The van der Waals surface area contributed by atoms with Gasteiger partial charge in [-0.25, -0.2) is 0 Å². The Balaban J connectivity index is -0.0000000865. The van der Waals surface area contributed by atoms with Crippen LogP contribution < -0.4 is 15.3 Å². The Labute approximate surface area is 135 Å². The second kappa shape index (κ2) is 23.7. The average Bonchev–Trinajstić information content (AvgIpc) is 2.18. The molecule has 0 spiro atoms. The van der Waals surface area contributed by atoms with Gasteiger partial charge >= 0.3 is 21.7 Å². The summed E-state index contributed by atoms with van der Waals surface area (Å²) >= 11 is 0. The summed E-state index contributed by atoms with van der Waals surface area (Å²) in [7, 11) is 0. The number of rotatable bonds is 6. The van der Waals surface area contributed by atoms with E-state index in [4.69, 9.17) is 0 Å². The van der Waals surface area contributed by atoms with Gasteiger partial charge in [0.1, 0.15) is 0 Å². The largest absolute Gasteiger partial charge is 2.00 e. The van der Waals surface area contributed by atoms with Crippen molar-refractivity contribution in [1.82, 2.24) is 0 Å². The van der Waals surface area contributed by atoms with Gasteiger partial charge in [-0.05, 0) is 17.8 Å². The molecule has 0 aliphatic carbocycles. The zero-order valence-electron chi connectivity index (χ0n) is 13.7. The van der Waals surface area contributed by atoms with Crippen molar-refractivity contribution < 1.29 is 37.0 Å². The van der Waals surface area contributed by atoms with E-state index in [1.165, 1.54) is 0 Å². The molecule has 4 heteroatoms. The first-order valence-electron chi connectivity index (χ1n) is 7.05. The van der Waals surface area contributed by atoms with E-state index >= 15 is 0 Å². The smallest absolute Gasteiger partial charge is 0.854 e. The SMILES string of the molecule is CC(C)CC[O-].CC(C)CC[O-].CC(C)CC[O-].[Ti+2]. The van der Waals surface area contributed by atoms with Crippen LogP contribution in [0.2, 0.25) is 0 Å². The van der Waals surface area contributed by atoms with Gasteiger partial charge in [-0.1, -0.05) is 60.8 Å². The number of hydrogen-bond acceptors (Lipinski definition) is 3. The zero-order valence-corrected chi connectivity index (χ0v) is 15.3. The summed E-state index contributed by atoms with van der Waals surface area (Å²) in [5.74, 6) is 1.76. The van der Waals surface area contributed by atoms with Crippen LogP contribution in [-0.4, -0.2) is 19.8 Å². The molecule has 0 rings (SSSR count). The zero-order chi connectivity index (χ0) is 15.0. The maximum atomic E-state index is 9.74. The van der Waals surface area contributed by atoms with E-state index in [9.17, 15) is 15.3 Å². The number of hydrogen-bond donors (Lipinski definition) is 0. The molecule has 0 radical (unpaired) electrons. The molecule has 0 saturated carbocycles. The first-order chi connectivity index (χ1) is 8.31. The molecule has 0 aromatic carbocycles. The van der Waals surface area contributed by atoms with Gasteiger partial charge in [-0.15, -0.1) is 19.8 Å². The fourth-order valence-corrected chi connectivity index (χ4v) is 0.707. The van der Waals surface area contributed by atoms with E-state index in [-0.39, 0.29) is 41.5 Å². The molecule has 0 saturated heterocycles. The van der Waals surface area contributed by atoms with Gasteiger partial charge in [0.05, 0.1) is 0 Å².